The Balaban J connectivity index is 2.24. The van der Waals surface area contributed by atoms with Crippen LogP contribution in [0.25, 0.3) is 0 Å². The number of hydrogen-bond donors (Lipinski definition) is 3. The van der Waals surface area contributed by atoms with Gasteiger partial charge in [-0.1, -0.05) is 0 Å². The van der Waals surface area contributed by atoms with Crippen LogP contribution < -0.4 is 16.6 Å². The fraction of sp³-hybridized carbons (Fsp3) is 0.429. The molecule has 0 atom stereocenters. The SMILES string of the molecule is Cn1ccc(CCNC(=S)NN)n1. The molecule has 1 aromatic rings. The maximum Gasteiger partial charge on any atom is 0.180 e. The average molecular weight is 199 g/mol. The van der Waals surface area contributed by atoms with E-state index in [1.807, 2.05) is 19.3 Å². The van der Waals surface area contributed by atoms with Gasteiger partial charge in [0.25, 0.3) is 0 Å². The standard InChI is InChI=1S/C7H13N5S/c1-12-5-3-6(11-12)2-4-9-7(13)10-8/h3,5H,2,4,8H2,1H3,(H2,9,10,13). The first-order valence-electron chi connectivity index (χ1n) is 3.95. The van der Waals surface area contributed by atoms with Gasteiger partial charge in [0.15, 0.2) is 5.11 Å². The van der Waals surface area contributed by atoms with E-state index in [4.69, 9.17) is 18.1 Å². The van der Waals surface area contributed by atoms with Crippen molar-refractivity contribution in [2.24, 2.45) is 12.9 Å². The summed E-state index contributed by atoms with van der Waals surface area (Å²) in [6.07, 6.45) is 2.75. The summed E-state index contributed by atoms with van der Waals surface area (Å²) < 4.78 is 1.77. The number of hydrazine groups is 1. The van der Waals surface area contributed by atoms with Crippen LogP contribution in [-0.4, -0.2) is 21.4 Å². The fourth-order valence-corrected chi connectivity index (χ4v) is 1.05. The predicted octanol–water partition coefficient (Wildman–Crippen LogP) is -0.700. The van der Waals surface area contributed by atoms with Crippen LogP contribution in [0.1, 0.15) is 5.69 Å². The molecule has 72 valence electrons. The molecule has 6 heteroatoms. The molecule has 0 aliphatic rings. The minimum Gasteiger partial charge on any atom is -0.361 e. The first-order valence-corrected chi connectivity index (χ1v) is 4.36. The van der Waals surface area contributed by atoms with Gasteiger partial charge in [-0.3, -0.25) is 4.68 Å². The van der Waals surface area contributed by atoms with Gasteiger partial charge < -0.3 is 10.7 Å². The lowest BCUT2D eigenvalue weighted by Crippen LogP contribution is -2.40. The van der Waals surface area contributed by atoms with E-state index in [-0.39, 0.29) is 0 Å². The summed E-state index contributed by atoms with van der Waals surface area (Å²) in [5.41, 5.74) is 3.39. The maximum absolute atomic E-state index is 5.08. The summed E-state index contributed by atoms with van der Waals surface area (Å²) in [5, 5.41) is 7.61. The summed E-state index contributed by atoms with van der Waals surface area (Å²) in [7, 11) is 1.89. The first-order chi connectivity index (χ1) is 6.22. The number of aryl methyl sites for hydroxylation is 1. The van der Waals surface area contributed by atoms with E-state index in [0.717, 1.165) is 18.7 Å². The molecule has 4 N–H and O–H groups in total. The predicted molar refractivity (Wildman–Crippen MR) is 54.8 cm³/mol. The van der Waals surface area contributed by atoms with Crippen LogP contribution in [0.3, 0.4) is 0 Å². The van der Waals surface area contributed by atoms with Crippen molar-refractivity contribution in [1.29, 1.82) is 0 Å². The zero-order valence-corrected chi connectivity index (χ0v) is 8.27. The van der Waals surface area contributed by atoms with E-state index in [1.165, 1.54) is 0 Å². The van der Waals surface area contributed by atoms with Gasteiger partial charge in [0.05, 0.1) is 5.69 Å². The highest BCUT2D eigenvalue weighted by Gasteiger charge is 1.96. The lowest BCUT2D eigenvalue weighted by molar-refractivity contribution is 0.728. The third kappa shape index (κ3) is 3.39. The van der Waals surface area contributed by atoms with E-state index < -0.39 is 0 Å². The minimum absolute atomic E-state index is 0.455. The van der Waals surface area contributed by atoms with E-state index in [1.54, 1.807) is 4.68 Å². The number of hydrogen-bond acceptors (Lipinski definition) is 3. The van der Waals surface area contributed by atoms with Gasteiger partial charge in [-0.05, 0) is 18.3 Å². The Labute approximate surface area is 82.3 Å². The molecule has 13 heavy (non-hydrogen) atoms. The smallest absolute Gasteiger partial charge is 0.180 e. The van der Waals surface area contributed by atoms with Crippen LogP contribution >= 0.6 is 12.2 Å². The molecule has 1 rings (SSSR count). The van der Waals surface area contributed by atoms with Crippen molar-refractivity contribution in [2.75, 3.05) is 6.54 Å². The van der Waals surface area contributed by atoms with Crippen molar-refractivity contribution in [3.8, 4) is 0 Å². The topological polar surface area (TPSA) is 67.9 Å². The number of nitrogens with zero attached hydrogens (tertiary/aromatic N) is 2. The lowest BCUT2D eigenvalue weighted by Gasteiger charge is -2.04. The molecule has 0 aliphatic heterocycles. The molecular formula is C7H13N5S. The highest BCUT2D eigenvalue weighted by Crippen LogP contribution is 1.93. The second kappa shape index (κ2) is 4.78. The summed E-state index contributed by atoms with van der Waals surface area (Å²) >= 11 is 4.80. The quantitative estimate of drug-likeness (QED) is 0.341. The van der Waals surface area contributed by atoms with Crippen molar-refractivity contribution < 1.29 is 0 Å². The second-order valence-electron chi connectivity index (χ2n) is 2.63. The summed E-state index contributed by atoms with van der Waals surface area (Å²) in [4.78, 5) is 0. The Morgan fingerprint density at radius 3 is 3.08 bits per heavy atom. The summed E-state index contributed by atoms with van der Waals surface area (Å²) in [5.74, 6) is 5.08. The molecule has 1 heterocycles. The molecule has 5 nitrogen and oxygen atoms in total. The molecule has 0 amide bonds. The van der Waals surface area contributed by atoms with Crippen molar-refractivity contribution >= 4 is 17.3 Å². The normalized spacial score (nSPS) is 9.69. The van der Waals surface area contributed by atoms with Gasteiger partial charge in [0.2, 0.25) is 0 Å². The van der Waals surface area contributed by atoms with Gasteiger partial charge >= 0.3 is 0 Å². The number of aromatic nitrogens is 2. The monoisotopic (exact) mass is 199 g/mol. The van der Waals surface area contributed by atoms with Gasteiger partial charge in [-0.2, -0.15) is 5.10 Å². The zero-order valence-electron chi connectivity index (χ0n) is 7.45. The van der Waals surface area contributed by atoms with E-state index in [2.05, 4.69) is 15.8 Å². The Morgan fingerprint density at radius 2 is 2.54 bits per heavy atom. The van der Waals surface area contributed by atoms with E-state index >= 15 is 0 Å². The van der Waals surface area contributed by atoms with Crippen LogP contribution in [0.15, 0.2) is 12.3 Å². The Hall–Kier alpha value is -1.14. The van der Waals surface area contributed by atoms with E-state index in [9.17, 15) is 0 Å². The van der Waals surface area contributed by atoms with E-state index in [0.29, 0.717) is 5.11 Å². The van der Waals surface area contributed by atoms with Crippen LogP contribution in [0.4, 0.5) is 0 Å². The third-order valence-corrected chi connectivity index (χ3v) is 1.83. The fourth-order valence-electron chi connectivity index (χ4n) is 0.952. The van der Waals surface area contributed by atoms with Crippen molar-refractivity contribution in [3.63, 3.8) is 0 Å². The van der Waals surface area contributed by atoms with Crippen LogP contribution in [0.2, 0.25) is 0 Å². The van der Waals surface area contributed by atoms with Crippen molar-refractivity contribution in [2.45, 2.75) is 6.42 Å². The molecule has 0 aliphatic carbocycles. The van der Waals surface area contributed by atoms with Crippen molar-refractivity contribution in [1.82, 2.24) is 20.5 Å². The molecule has 0 fully saturated rings. The molecule has 0 saturated carbocycles. The molecule has 0 radical (unpaired) electrons. The van der Waals surface area contributed by atoms with Crippen molar-refractivity contribution in [3.05, 3.63) is 18.0 Å². The molecule has 0 spiro atoms. The van der Waals surface area contributed by atoms with Crippen LogP contribution in [0, 0.1) is 0 Å². The molecule has 0 aromatic carbocycles. The minimum atomic E-state index is 0.455. The lowest BCUT2D eigenvalue weighted by atomic mass is 10.3. The summed E-state index contributed by atoms with van der Waals surface area (Å²) in [6, 6.07) is 1.97. The summed E-state index contributed by atoms with van der Waals surface area (Å²) in [6.45, 7) is 0.736. The highest BCUT2D eigenvalue weighted by atomic mass is 32.1. The molecular weight excluding hydrogens is 186 g/mol. The first kappa shape index (κ1) is 9.94. The Morgan fingerprint density at radius 1 is 1.77 bits per heavy atom. The number of nitrogens with one attached hydrogen (secondary N) is 2. The van der Waals surface area contributed by atoms with Gasteiger partial charge in [0.1, 0.15) is 0 Å². The molecule has 1 aromatic heterocycles. The van der Waals surface area contributed by atoms with Gasteiger partial charge in [-0.15, -0.1) is 0 Å². The second-order valence-corrected chi connectivity index (χ2v) is 3.04. The van der Waals surface area contributed by atoms with Gasteiger partial charge in [-0.25, -0.2) is 5.84 Å². The highest BCUT2D eigenvalue weighted by molar-refractivity contribution is 7.80. The molecule has 0 bridgehead atoms. The van der Waals surface area contributed by atoms with Crippen LogP contribution in [0.5, 0.6) is 0 Å². The van der Waals surface area contributed by atoms with Crippen LogP contribution in [-0.2, 0) is 13.5 Å². The molecule has 0 unspecified atom stereocenters. The Bertz CT molecular complexity index is 282. The van der Waals surface area contributed by atoms with Gasteiger partial charge in [0, 0.05) is 26.2 Å². The largest absolute Gasteiger partial charge is 0.361 e. The molecule has 0 saturated heterocycles. The number of nitrogens with two attached hydrogens (primary N) is 1. The maximum atomic E-state index is 5.08. The third-order valence-electron chi connectivity index (χ3n) is 1.57. The Kier molecular flexibility index (Phi) is 3.66. The zero-order chi connectivity index (χ0) is 9.68. The number of thiocarbonyl (C=S) groups is 1. The number of rotatable bonds is 3. The average Bonchev–Trinajstić information content (AvgIpc) is 2.51.